The first-order valence-corrected chi connectivity index (χ1v) is 11.0. The van der Waals surface area contributed by atoms with Crippen LogP contribution >= 0.6 is 0 Å². The van der Waals surface area contributed by atoms with Gasteiger partial charge in [-0.25, -0.2) is 9.56 Å². The molecule has 0 fully saturated rings. The van der Waals surface area contributed by atoms with E-state index in [-0.39, 0.29) is 16.4 Å². The number of hydrogen-bond acceptors (Lipinski definition) is 3. The van der Waals surface area contributed by atoms with Crippen molar-refractivity contribution in [1.29, 1.82) is 0 Å². The maximum absolute atomic E-state index is 4.90. The molecule has 0 aliphatic carbocycles. The van der Waals surface area contributed by atoms with Crippen molar-refractivity contribution in [3.63, 3.8) is 0 Å². The number of hydrogen-bond donors (Lipinski definition) is 0. The van der Waals surface area contributed by atoms with E-state index in [1.165, 1.54) is 22.4 Å². The molecule has 1 atom stereocenters. The summed E-state index contributed by atoms with van der Waals surface area (Å²) in [5.41, 5.74) is 4.65. The van der Waals surface area contributed by atoms with Gasteiger partial charge < -0.3 is 4.90 Å². The summed E-state index contributed by atoms with van der Waals surface area (Å²) in [7, 11) is 2.17. The highest BCUT2D eigenvalue weighted by Crippen LogP contribution is 2.56. The molecule has 2 aromatic heterocycles. The fourth-order valence-electron chi connectivity index (χ4n) is 6.07. The Morgan fingerprint density at radius 1 is 0.806 bits per heavy atom. The van der Waals surface area contributed by atoms with E-state index >= 15 is 0 Å². The van der Waals surface area contributed by atoms with Gasteiger partial charge >= 0.3 is 5.82 Å². The van der Waals surface area contributed by atoms with Gasteiger partial charge in [-0.3, -0.25) is 0 Å². The highest BCUT2D eigenvalue weighted by atomic mass is 15.3. The van der Waals surface area contributed by atoms with Crippen LogP contribution in [0, 0.1) is 0 Å². The lowest BCUT2D eigenvalue weighted by Crippen LogP contribution is -2.64. The van der Waals surface area contributed by atoms with Crippen LogP contribution in [0.1, 0.15) is 51.3 Å². The number of anilines is 1. The molecular formula is C27H31N4+. The number of pyridine rings is 2. The lowest BCUT2D eigenvalue weighted by molar-refractivity contribution is -0.410. The summed E-state index contributed by atoms with van der Waals surface area (Å²) >= 11 is 0. The molecule has 0 saturated carbocycles. The van der Waals surface area contributed by atoms with Crippen molar-refractivity contribution in [3.8, 4) is 0 Å². The maximum Gasteiger partial charge on any atom is 0.326 e. The zero-order valence-corrected chi connectivity index (χ0v) is 19.3. The highest BCUT2D eigenvalue weighted by Gasteiger charge is 2.64. The Morgan fingerprint density at radius 3 is 2.13 bits per heavy atom. The minimum absolute atomic E-state index is 0.145. The first kappa shape index (κ1) is 19.9. The predicted molar refractivity (Wildman–Crippen MR) is 126 cm³/mol. The van der Waals surface area contributed by atoms with Gasteiger partial charge in [0.05, 0.1) is 18.0 Å². The van der Waals surface area contributed by atoms with E-state index in [9.17, 15) is 0 Å². The molecule has 0 radical (unpaired) electrons. The number of nitrogens with zero attached hydrogens (tertiary/aromatic N) is 4. The third kappa shape index (κ3) is 2.51. The summed E-state index contributed by atoms with van der Waals surface area (Å²) in [6.07, 6.45) is 3.82. The molecule has 3 aromatic rings. The van der Waals surface area contributed by atoms with Crippen LogP contribution in [0.15, 0.2) is 67.0 Å². The Bertz CT molecular complexity index is 1190. The van der Waals surface area contributed by atoms with Gasteiger partial charge in [0.15, 0.2) is 0 Å². The van der Waals surface area contributed by atoms with Crippen molar-refractivity contribution in [2.45, 2.75) is 57.5 Å². The first-order valence-electron chi connectivity index (χ1n) is 11.0. The van der Waals surface area contributed by atoms with Crippen LogP contribution in [0.2, 0.25) is 0 Å². The molecule has 0 bridgehead atoms. The Kier molecular flexibility index (Phi) is 4.17. The van der Waals surface area contributed by atoms with Crippen molar-refractivity contribution in [1.82, 2.24) is 9.97 Å². The summed E-state index contributed by atoms with van der Waals surface area (Å²) in [4.78, 5) is 12.2. The zero-order chi connectivity index (χ0) is 22.0. The molecule has 4 heteroatoms. The van der Waals surface area contributed by atoms with E-state index in [4.69, 9.17) is 9.97 Å². The van der Waals surface area contributed by atoms with E-state index in [2.05, 4.69) is 106 Å². The molecule has 158 valence electrons. The van der Waals surface area contributed by atoms with Crippen molar-refractivity contribution < 1.29 is 4.58 Å². The van der Waals surface area contributed by atoms with E-state index in [0.717, 1.165) is 18.2 Å². The molecule has 5 rings (SSSR count). The second-order valence-electron chi connectivity index (χ2n) is 10.1. The van der Waals surface area contributed by atoms with Gasteiger partial charge in [-0.1, -0.05) is 50.2 Å². The van der Waals surface area contributed by atoms with E-state index < -0.39 is 0 Å². The summed E-state index contributed by atoms with van der Waals surface area (Å²) < 4.78 is 2.33. The molecule has 2 aliphatic rings. The fraction of sp³-hybridized carbons (Fsp3) is 0.370. The largest absolute Gasteiger partial charge is 0.338 e. The van der Waals surface area contributed by atoms with Crippen molar-refractivity contribution in [3.05, 3.63) is 83.7 Å². The van der Waals surface area contributed by atoms with Gasteiger partial charge in [0, 0.05) is 23.7 Å². The van der Waals surface area contributed by atoms with Crippen LogP contribution in [0.5, 0.6) is 0 Å². The predicted octanol–water partition coefficient (Wildman–Crippen LogP) is 5.24. The lowest BCUT2D eigenvalue weighted by atomic mass is 9.62. The molecule has 2 aliphatic heterocycles. The molecule has 0 N–H and O–H groups in total. The molecule has 0 amide bonds. The number of aromatic nitrogens is 2. The number of fused-ring (bicyclic) bond motifs is 2. The number of rotatable bonds is 3. The van der Waals surface area contributed by atoms with Crippen molar-refractivity contribution in [2.75, 3.05) is 11.9 Å². The second kappa shape index (κ2) is 6.49. The number of benzene rings is 1. The van der Waals surface area contributed by atoms with E-state index in [1.54, 1.807) is 0 Å². The molecule has 1 aromatic carbocycles. The minimum atomic E-state index is -0.293. The van der Waals surface area contributed by atoms with Gasteiger partial charge in [-0.15, -0.1) is 0 Å². The fourth-order valence-corrected chi connectivity index (χ4v) is 6.07. The van der Waals surface area contributed by atoms with Crippen LogP contribution in [0.25, 0.3) is 0 Å². The van der Waals surface area contributed by atoms with E-state index in [0.29, 0.717) is 0 Å². The molecule has 0 saturated heterocycles. The standard InChI is InChI=1S/C27H31N4/c1-25(2)20-14-10-16-28-22(20)30(6)24(25)27(5)26(3,4)21-15-11-17-29-23(21)31(27)18-19-12-8-7-9-13-19/h7-17H,18H2,1-6H3/q+1. The first-order chi connectivity index (χ1) is 14.7. The zero-order valence-electron chi connectivity index (χ0n) is 19.3. The van der Waals surface area contributed by atoms with Crippen LogP contribution < -0.4 is 4.90 Å². The highest BCUT2D eigenvalue weighted by molar-refractivity contribution is 6.06. The summed E-state index contributed by atoms with van der Waals surface area (Å²) in [5, 5.41) is 0. The molecule has 0 spiro atoms. The monoisotopic (exact) mass is 411 g/mol. The molecule has 1 unspecified atom stereocenters. The second-order valence-corrected chi connectivity index (χ2v) is 10.1. The minimum Gasteiger partial charge on any atom is -0.338 e. The lowest BCUT2D eigenvalue weighted by Gasteiger charge is -2.47. The summed E-state index contributed by atoms with van der Waals surface area (Å²) in [6.45, 7) is 12.6. The van der Waals surface area contributed by atoms with Gasteiger partial charge in [0.25, 0.3) is 0 Å². The summed E-state index contributed by atoms with van der Waals surface area (Å²) in [6, 6.07) is 19.3. The molecule has 4 nitrogen and oxygen atoms in total. The Balaban J connectivity index is 1.77. The van der Waals surface area contributed by atoms with E-state index in [1.807, 2.05) is 12.4 Å². The Labute approximate surface area is 185 Å². The molecule has 31 heavy (non-hydrogen) atoms. The third-order valence-electron chi connectivity index (χ3n) is 7.82. The Hall–Kier alpha value is -3.01. The Morgan fingerprint density at radius 2 is 1.45 bits per heavy atom. The van der Waals surface area contributed by atoms with Crippen LogP contribution in [0.4, 0.5) is 11.6 Å². The van der Waals surface area contributed by atoms with Crippen LogP contribution in [-0.2, 0) is 17.4 Å². The van der Waals surface area contributed by atoms with Gasteiger partial charge in [0.2, 0.25) is 0 Å². The quantitative estimate of drug-likeness (QED) is 0.553. The average molecular weight is 412 g/mol. The smallest absolute Gasteiger partial charge is 0.326 e. The topological polar surface area (TPSA) is 32.0 Å². The van der Waals surface area contributed by atoms with Crippen LogP contribution in [-0.4, -0.2) is 32.8 Å². The van der Waals surface area contributed by atoms with Crippen LogP contribution in [0.3, 0.4) is 0 Å². The molecular weight excluding hydrogens is 380 g/mol. The van der Waals surface area contributed by atoms with Crippen molar-refractivity contribution >= 4 is 17.3 Å². The van der Waals surface area contributed by atoms with Crippen molar-refractivity contribution in [2.24, 2.45) is 0 Å². The maximum atomic E-state index is 4.90. The molecule has 4 heterocycles. The average Bonchev–Trinajstić information content (AvgIpc) is 3.07. The normalized spacial score (nSPS) is 23.1. The van der Waals surface area contributed by atoms with Gasteiger partial charge in [-0.2, -0.15) is 0 Å². The van der Waals surface area contributed by atoms with Gasteiger partial charge in [-0.05, 0) is 49.5 Å². The third-order valence-corrected chi connectivity index (χ3v) is 7.82. The SMILES string of the molecule is C[N+]1=C(C2(C)N(Cc3ccccc3)c3ncccc3C2(C)C)C(C)(C)c2cccnc21. The summed E-state index contributed by atoms with van der Waals surface area (Å²) in [5.74, 6) is 2.14. The van der Waals surface area contributed by atoms with Gasteiger partial charge in [0.1, 0.15) is 23.3 Å².